The molecule has 1 aliphatic rings. The van der Waals surface area contributed by atoms with Crippen LogP contribution in [-0.2, 0) is 9.84 Å². The Hall–Kier alpha value is -1.44. The summed E-state index contributed by atoms with van der Waals surface area (Å²) in [6.07, 6.45) is 1.15. The lowest BCUT2D eigenvalue weighted by molar-refractivity contribution is 0.0662. The van der Waals surface area contributed by atoms with Crippen molar-refractivity contribution in [1.82, 2.24) is 15.3 Å². The number of likely N-dealkylation sites (N-methyl/N-ethyl adjacent to an activating group) is 1. The number of rotatable bonds is 3. The molecule has 0 spiro atoms. The van der Waals surface area contributed by atoms with Crippen molar-refractivity contribution in [3.05, 3.63) is 29.8 Å². The van der Waals surface area contributed by atoms with E-state index in [0.717, 1.165) is 32.4 Å². The Morgan fingerprint density at radius 1 is 1.10 bits per heavy atom. The molecule has 1 aromatic rings. The third-order valence-electron chi connectivity index (χ3n) is 3.31. The number of carbonyl (C=O) groups excluding carboxylic acids is 1. The van der Waals surface area contributed by atoms with Gasteiger partial charge in [0, 0.05) is 38.0 Å². The molecule has 0 unspecified atom stereocenters. The molecule has 0 aliphatic carbocycles. The van der Waals surface area contributed by atoms with Crippen LogP contribution in [0.25, 0.3) is 0 Å². The standard InChI is InChI=1S/C13H19N3O3S/c1-15-7-9-16(10-8-15)14-13(17)11-3-5-12(6-4-11)20(2,18)19/h3-6H,7-10H2,1-2H3,(H,14,17). The molecular weight excluding hydrogens is 278 g/mol. The molecule has 1 fully saturated rings. The van der Waals surface area contributed by atoms with Gasteiger partial charge in [-0.05, 0) is 31.3 Å². The number of carbonyl (C=O) groups is 1. The maximum absolute atomic E-state index is 12.0. The van der Waals surface area contributed by atoms with Crippen LogP contribution in [0.15, 0.2) is 29.2 Å². The number of sulfone groups is 1. The van der Waals surface area contributed by atoms with Gasteiger partial charge in [-0.2, -0.15) is 0 Å². The Morgan fingerprint density at radius 2 is 1.65 bits per heavy atom. The number of nitrogens with one attached hydrogen (secondary N) is 1. The van der Waals surface area contributed by atoms with E-state index in [1.165, 1.54) is 24.3 Å². The maximum atomic E-state index is 12.0. The van der Waals surface area contributed by atoms with Crippen molar-refractivity contribution in [2.24, 2.45) is 0 Å². The van der Waals surface area contributed by atoms with Gasteiger partial charge in [-0.15, -0.1) is 0 Å². The van der Waals surface area contributed by atoms with Crippen LogP contribution in [0, 0.1) is 0 Å². The van der Waals surface area contributed by atoms with Crippen molar-refractivity contribution >= 4 is 15.7 Å². The van der Waals surface area contributed by atoms with E-state index in [0.29, 0.717) is 5.56 Å². The maximum Gasteiger partial charge on any atom is 0.265 e. The van der Waals surface area contributed by atoms with E-state index in [2.05, 4.69) is 10.3 Å². The normalized spacial score (nSPS) is 17.9. The lowest BCUT2D eigenvalue weighted by atomic mass is 10.2. The number of nitrogens with zero attached hydrogens (tertiary/aromatic N) is 2. The molecule has 1 saturated heterocycles. The Morgan fingerprint density at radius 3 is 2.15 bits per heavy atom. The van der Waals surface area contributed by atoms with Crippen LogP contribution < -0.4 is 5.43 Å². The summed E-state index contributed by atoms with van der Waals surface area (Å²) in [5.41, 5.74) is 3.29. The minimum absolute atomic E-state index is 0.213. The highest BCUT2D eigenvalue weighted by atomic mass is 32.2. The molecule has 1 heterocycles. The molecule has 0 saturated carbocycles. The van der Waals surface area contributed by atoms with Crippen LogP contribution in [0.3, 0.4) is 0 Å². The first kappa shape index (κ1) is 15.0. The van der Waals surface area contributed by atoms with Crippen LogP contribution in [0.5, 0.6) is 0 Å². The van der Waals surface area contributed by atoms with E-state index in [-0.39, 0.29) is 10.8 Å². The van der Waals surface area contributed by atoms with Gasteiger partial charge in [0.2, 0.25) is 0 Å². The zero-order chi connectivity index (χ0) is 14.8. The molecule has 0 bridgehead atoms. The van der Waals surface area contributed by atoms with Gasteiger partial charge < -0.3 is 4.90 Å². The van der Waals surface area contributed by atoms with Gasteiger partial charge >= 0.3 is 0 Å². The van der Waals surface area contributed by atoms with Crippen molar-refractivity contribution < 1.29 is 13.2 Å². The Bertz CT molecular complexity index is 575. The fraction of sp³-hybridized carbons (Fsp3) is 0.462. The summed E-state index contributed by atoms with van der Waals surface area (Å²) < 4.78 is 22.7. The molecule has 0 radical (unpaired) electrons. The molecule has 1 aromatic carbocycles. The highest BCUT2D eigenvalue weighted by Crippen LogP contribution is 2.10. The third kappa shape index (κ3) is 3.78. The smallest absolute Gasteiger partial charge is 0.265 e. The van der Waals surface area contributed by atoms with Crippen LogP contribution in [0.2, 0.25) is 0 Å². The van der Waals surface area contributed by atoms with E-state index in [9.17, 15) is 13.2 Å². The number of amides is 1. The van der Waals surface area contributed by atoms with Gasteiger partial charge in [-0.3, -0.25) is 10.2 Å². The minimum atomic E-state index is -3.23. The average molecular weight is 297 g/mol. The topological polar surface area (TPSA) is 69.7 Å². The monoisotopic (exact) mass is 297 g/mol. The van der Waals surface area contributed by atoms with Crippen molar-refractivity contribution in [2.45, 2.75) is 4.90 Å². The Kier molecular flexibility index (Phi) is 4.42. The lowest BCUT2D eigenvalue weighted by Gasteiger charge is -2.32. The van der Waals surface area contributed by atoms with Crippen LogP contribution in [0.4, 0.5) is 0 Å². The highest BCUT2D eigenvalue weighted by molar-refractivity contribution is 7.90. The summed E-state index contributed by atoms with van der Waals surface area (Å²) >= 11 is 0. The summed E-state index contributed by atoms with van der Waals surface area (Å²) in [6.45, 7) is 3.38. The molecular formula is C13H19N3O3S. The summed E-state index contributed by atoms with van der Waals surface area (Å²) in [5, 5.41) is 1.88. The number of hydrogen-bond acceptors (Lipinski definition) is 5. The van der Waals surface area contributed by atoms with Crippen LogP contribution in [0.1, 0.15) is 10.4 Å². The van der Waals surface area contributed by atoms with Gasteiger partial charge in [0.25, 0.3) is 5.91 Å². The predicted octanol–water partition coefficient (Wildman–Crippen LogP) is -0.0177. The second-order valence-corrected chi connectivity index (χ2v) is 7.04. The van der Waals surface area contributed by atoms with Crippen molar-refractivity contribution in [3.8, 4) is 0 Å². The molecule has 0 aromatic heterocycles. The summed E-state index contributed by atoms with van der Waals surface area (Å²) in [7, 11) is -1.18. The first-order valence-electron chi connectivity index (χ1n) is 6.41. The fourth-order valence-corrected chi connectivity index (χ4v) is 2.61. The Balaban J connectivity index is 1.99. The van der Waals surface area contributed by atoms with E-state index in [1.807, 2.05) is 12.1 Å². The Labute approximate surface area is 119 Å². The number of piperazine rings is 1. The second kappa shape index (κ2) is 5.90. The van der Waals surface area contributed by atoms with Gasteiger partial charge in [0.1, 0.15) is 0 Å². The van der Waals surface area contributed by atoms with E-state index < -0.39 is 9.84 Å². The molecule has 2 rings (SSSR count). The minimum Gasteiger partial charge on any atom is -0.304 e. The average Bonchev–Trinajstić information content (AvgIpc) is 2.40. The van der Waals surface area contributed by atoms with Crippen LogP contribution in [-0.4, -0.2) is 63.7 Å². The van der Waals surface area contributed by atoms with Gasteiger partial charge in [0.05, 0.1) is 4.90 Å². The molecule has 7 heteroatoms. The van der Waals surface area contributed by atoms with Crippen molar-refractivity contribution in [1.29, 1.82) is 0 Å². The highest BCUT2D eigenvalue weighted by Gasteiger charge is 2.17. The number of benzene rings is 1. The molecule has 1 amide bonds. The van der Waals surface area contributed by atoms with E-state index in [4.69, 9.17) is 0 Å². The molecule has 6 nitrogen and oxygen atoms in total. The SMILES string of the molecule is CN1CCN(NC(=O)c2ccc(S(C)(=O)=O)cc2)CC1. The molecule has 0 atom stereocenters. The summed E-state index contributed by atoms with van der Waals surface area (Å²) in [6, 6.07) is 5.96. The van der Waals surface area contributed by atoms with Gasteiger partial charge in [-0.25, -0.2) is 13.4 Å². The van der Waals surface area contributed by atoms with E-state index in [1.54, 1.807) is 0 Å². The molecule has 20 heavy (non-hydrogen) atoms. The first-order valence-corrected chi connectivity index (χ1v) is 8.30. The molecule has 110 valence electrons. The molecule has 1 N–H and O–H groups in total. The van der Waals surface area contributed by atoms with Gasteiger partial charge in [0.15, 0.2) is 9.84 Å². The lowest BCUT2D eigenvalue weighted by Crippen LogP contribution is -2.52. The molecule has 1 aliphatic heterocycles. The zero-order valence-corrected chi connectivity index (χ0v) is 12.5. The number of hydrazine groups is 1. The third-order valence-corrected chi connectivity index (χ3v) is 4.44. The second-order valence-electron chi connectivity index (χ2n) is 5.03. The quantitative estimate of drug-likeness (QED) is 0.849. The number of hydrogen-bond donors (Lipinski definition) is 1. The predicted molar refractivity (Wildman–Crippen MR) is 76.1 cm³/mol. The van der Waals surface area contributed by atoms with Crippen molar-refractivity contribution in [3.63, 3.8) is 0 Å². The largest absolute Gasteiger partial charge is 0.304 e. The van der Waals surface area contributed by atoms with Crippen molar-refractivity contribution in [2.75, 3.05) is 39.5 Å². The fourth-order valence-electron chi connectivity index (χ4n) is 1.98. The van der Waals surface area contributed by atoms with E-state index >= 15 is 0 Å². The zero-order valence-electron chi connectivity index (χ0n) is 11.7. The van der Waals surface area contributed by atoms with Gasteiger partial charge in [-0.1, -0.05) is 0 Å². The summed E-state index contributed by atoms with van der Waals surface area (Å²) in [4.78, 5) is 14.5. The first-order chi connectivity index (χ1) is 9.36. The van der Waals surface area contributed by atoms with Crippen LogP contribution >= 0.6 is 0 Å². The summed E-state index contributed by atoms with van der Waals surface area (Å²) in [5.74, 6) is -0.213.